The number of hydrogen-bond acceptors (Lipinski definition) is 4. The van der Waals surface area contributed by atoms with Crippen LogP contribution in [-0.2, 0) is 0 Å². The number of piperidine rings is 1. The van der Waals surface area contributed by atoms with E-state index in [1.807, 2.05) is 0 Å². The van der Waals surface area contributed by atoms with Gasteiger partial charge in [0.2, 0.25) is 5.95 Å². The Morgan fingerprint density at radius 1 is 1.44 bits per heavy atom. The highest BCUT2D eigenvalue weighted by atomic mass is 35.5. The lowest BCUT2D eigenvalue weighted by molar-refractivity contribution is 0.454. The lowest BCUT2D eigenvalue weighted by atomic mass is 9.96. The Bertz CT molecular complexity index is 376. The topological polar surface area (TPSA) is 83.8 Å². The third-order valence-electron chi connectivity index (χ3n) is 2.49. The highest BCUT2D eigenvalue weighted by molar-refractivity contribution is 5.85. The average Bonchev–Trinajstić information content (AvgIpc) is 2.18. The molecule has 2 heterocycles. The predicted molar refractivity (Wildman–Crippen MR) is 68.6 cm³/mol. The Morgan fingerprint density at radius 2 is 2.19 bits per heavy atom. The zero-order chi connectivity index (χ0) is 9.97. The van der Waals surface area contributed by atoms with Gasteiger partial charge in [-0.1, -0.05) is 0 Å². The number of halogens is 2. The molecule has 0 saturated carbocycles. The molecule has 0 bridgehead atoms. The van der Waals surface area contributed by atoms with E-state index < -0.39 is 0 Å². The summed E-state index contributed by atoms with van der Waals surface area (Å²) in [6.07, 6.45) is 2.20. The van der Waals surface area contributed by atoms with Gasteiger partial charge in [-0.05, 0) is 19.4 Å². The molecule has 5 nitrogen and oxygen atoms in total. The minimum absolute atomic E-state index is 0. The van der Waals surface area contributed by atoms with E-state index in [1.54, 1.807) is 0 Å². The first-order valence-corrected chi connectivity index (χ1v) is 4.83. The maximum absolute atomic E-state index is 11.2. The molecule has 1 aromatic rings. The largest absolute Gasteiger partial charge is 0.369 e. The number of nitrogens with two attached hydrogens (primary N) is 1. The molecule has 2 rings (SSSR count). The molecule has 7 heteroatoms. The van der Waals surface area contributed by atoms with Crippen molar-refractivity contribution in [2.75, 3.05) is 18.8 Å². The summed E-state index contributed by atoms with van der Waals surface area (Å²) in [7, 11) is 0. The molecule has 1 saturated heterocycles. The van der Waals surface area contributed by atoms with Crippen molar-refractivity contribution < 1.29 is 0 Å². The van der Waals surface area contributed by atoms with Crippen LogP contribution < -0.4 is 16.6 Å². The highest BCUT2D eigenvalue weighted by Gasteiger charge is 2.16. The number of aromatic nitrogens is 2. The summed E-state index contributed by atoms with van der Waals surface area (Å²) < 4.78 is 0. The van der Waals surface area contributed by atoms with Crippen LogP contribution in [0.2, 0.25) is 0 Å². The fourth-order valence-electron chi connectivity index (χ4n) is 1.81. The van der Waals surface area contributed by atoms with Crippen LogP contribution in [0.3, 0.4) is 0 Å². The number of anilines is 1. The molecule has 0 aliphatic carbocycles. The van der Waals surface area contributed by atoms with Gasteiger partial charge in [0.25, 0.3) is 5.56 Å². The van der Waals surface area contributed by atoms with Gasteiger partial charge in [0.15, 0.2) is 0 Å². The molecule has 4 N–H and O–H groups in total. The second-order valence-corrected chi connectivity index (χ2v) is 3.60. The zero-order valence-corrected chi connectivity index (χ0v) is 10.4. The minimum Gasteiger partial charge on any atom is -0.369 e. The molecule has 1 unspecified atom stereocenters. The Balaban J connectivity index is 0.00000112. The van der Waals surface area contributed by atoms with Gasteiger partial charge >= 0.3 is 0 Å². The first-order valence-electron chi connectivity index (χ1n) is 4.83. The standard InChI is InChI=1S/C9H14N4O.2ClH/c10-9-12-7(4-8(14)13-9)6-2-1-3-11-5-6;;/h4,6,11H,1-3,5H2,(H3,10,12,13,14);2*1H. The summed E-state index contributed by atoms with van der Waals surface area (Å²) in [5.74, 6) is 0.534. The number of rotatable bonds is 1. The second kappa shape index (κ2) is 6.73. The number of nitrogens with zero attached hydrogens (tertiary/aromatic N) is 1. The van der Waals surface area contributed by atoms with Crippen LogP contribution in [0.25, 0.3) is 0 Å². The molecule has 0 amide bonds. The van der Waals surface area contributed by atoms with Gasteiger partial charge < -0.3 is 11.1 Å². The molecular formula is C9H16Cl2N4O. The summed E-state index contributed by atoms with van der Waals surface area (Å²) in [6, 6.07) is 1.54. The molecule has 16 heavy (non-hydrogen) atoms. The molecule has 1 aliphatic heterocycles. The third-order valence-corrected chi connectivity index (χ3v) is 2.49. The number of hydrogen-bond donors (Lipinski definition) is 3. The van der Waals surface area contributed by atoms with Crippen molar-refractivity contribution in [2.24, 2.45) is 0 Å². The quantitative estimate of drug-likeness (QED) is 0.698. The number of H-pyrrole nitrogens is 1. The van der Waals surface area contributed by atoms with E-state index in [4.69, 9.17) is 5.73 Å². The van der Waals surface area contributed by atoms with Gasteiger partial charge in [-0.15, -0.1) is 24.8 Å². The first kappa shape index (κ1) is 15.2. The fraction of sp³-hybridized carbons (Fsp3) is 0.556. The van der Waals surface area contributed by atoms with E-state index >= 15 is 0 Å². The average molecular weight is 267 g/mol. The summed E-state index contributed by atoms with van der Waals surface area (Å²) >= 11 is 0. The maximum Gasteiger partial charge on any atom is 0.252 e. The van der Waals surface area contributed by atoms with Crippen LogP contribution in [-0.4, -0.2) is 23.1 Å². The summed E-state index contributed by atoms with van der Waals surface area (Å²) in [5, 5.41) is 3.28. The van der Waals surface area contributed by atoms with Gasteiger partial charge in [-0.3, -0.25) is 9.78 Å². The molecular weight excluding hydrogens is 251 g/mol. The molecule has 1 aliphatic rings. The summed E-state index contributed by atoms with van der Waals surface area (Å²) in [4.78, 5) is 17.7. The van der Waals surface area contributed by atoms with E-state index in [-0.39, 0.29) is 36.3 Å². The van der Waals surface area contributed by atoms with Crippen molar-refractivity contribution >= 4 is 30.8 Å². The van der Waals surface area contributed by atoms with Crippen molar-refractivity contribution in [3.05, 3.63) is 22.1 Å². The monoisotopic (exact) mass is 266 g/mol. The van der Waals surface area contributed by atoms with Crippen molar-refractivity contribution in [3.8, 4) is 0 Å². The molecule has 0 radical (unpaired) electrons. The van der Waals surface area contributed by atoms with E-state index in [0.717, 1.165) is 31.6 Å². The Labute approximate surface area is 106 Å². The van der Waals surface area contributed by atoms with Crippen molar-refractivity contribution in [1.82, 2.24) is 15.3 Å². The fourth-order valence-corrected chi connectivity index (χ4v) is 1.81. The molecule has 92 valence electrons. The Morgan fingerprint density at radius 3 is 2.75 bits per heavy atom. The minimum atomic E-state index is -0.168. The zero-order valence-electron chi connectivity index (χ0n) is 8.73. The smallest absolute Gasteiger partial charge is 0.252 e. The predicted octanol–water partition coefficient (Wildman–Crippen LogP) is 0.663. The molecule has 1 aromatic heterocycles. The SMILES string of the molecule is Cl.Cl.Nc1nc(C2CCCNC2)cc(=O)[nH]1. The van der Waals surface area contributed by atoms with Gasteiger partial charge in [-0.2, -0.15) is 0 Å². The van der Waals surface area contributed by atoms with Crippen LogP contribution in [0.5, 0.6) is 0 Å². The van der Waals surface area contributed by atoms with Gasteiger partial charge in [0, 0.05) is 18.5 Å². The lowest BCUT2D eigenvalue weighted by Gasteiger charge is -2.21. The van der Waals surface area contributed by atoms with Crippen LogP contribution in [0.1, 0.15) is 24.5 Å². The van der Waals surface area contributed by atoms with E-state index in [2.05, 4.69) is 15.3 Å². The highest BCUT2D eigenvalue weighted by Crippen LogP contribution is 2.20. The lowest BCUT2D eigenvalue weighted by Crippen LogP contribution is -2.29. The number of nitrogens with one attached hydrogen (secondary N) is 2. The van der Waals surface area contributed by atoms with Crippen LogP contribution in [0, 0.1) is 0 Å². The van der Waals surface area contributed by atoms with Gasteiger partial charge in [0.05, 0.1) is 5.69 Å². The molecule has 1 fully saturated rings. The number of aromatic amines is 1. The maximum atomic E-state index is 11.2. The molecule has 1 atom stereocenters. The molecule has 0 spiro atoms. The van der Waals surface area contributed by atoms with E-state index in [0.29, 0.717) is 5.92 Å². The van der Waals surface area contributed by atoms with Crippen LogP contribution >= 0.6 is 24.8 Å². The van der Waals surface area contributed by atoms with E-state index in [9.17, 15) is 4.79 Å². The van der Waals surface area contributed by atoms with Gasteiger partial charge in [0.1, 0.15) is 0 Å². The Kier molecular flexibility index (Phi) is 6.40. The summed E-state index contributed by atoms with van der Waals surface area (Å²) in [5.41, 5.74) is 6.11. The Hall–Kier alpha value is -0.780. The van der Waals surface area contributed by atoms with Crippen molar-refractivity contribution in [3.63, 3.8) is 0 Å². The molecule has 0 aromatic carbocycles. The van der Waals surface area contributed by atoms with Crippen LogP contribution in [0.4, 0.5) is 5.95 Å². The summed E-state index contributed by atoms with van der Waals surface area (Å²) in [6.45, 7) is 1.94. The van der Waals surface area contributed by atoms with E-state index in [1.165, 1.54) is 6.07 Å². The normalized spacial score (nSPS) is 19.4. The van der Waals surface area contributed by atoms with Gasteiger partial charge in [-0.25, -0.2) is 4.98 Å². The first-order chi connectivity index (χ1) is 6.75. The second-order valence-electron chi connectivity index (χ2n) is 3.60. The number of nitrogen functional groups attached to an aromatic ring is 1. The third kappa shape index (κ3) is 3.66. The van der Waals surface area contributed by atoms with Crippen molar-refractivity contribution in [2.45, 2.75) is 18.8 Å². The van der Waals surface area contributed by atoms with Crippen molar-refractivity contribution in [1.29, 1.82) is 0 Å². The van der Waals surface area contributed by atoms with Crippen LogP contribution in [0.15, 0.2) is 10.9 Å².